The predicted molar refractivity (Wildman–Crippen MR) is 77.5 cm³/mol. The number of amides is 1. The largest absolute Gasteiger partial charge is 0.486 e. The number of aromatic nitrogens is 2. The fourth-order valence-corrected chi connectivity index (χ4v) is 2.31. The van der Waals surface area contributed by atoms with Crippen LogP contribution in [0.1, 0.15) is 18.6 Å². The molecule has 3 rings (SSSR count). The van der Waals surface area contributed by atoms with Crippen LogP contribution in [0.25, 0.3) is 0 Å². The van der Waals surface area contributed by atoms with E-state index in [0.717, 1.165) is 17.0 Å². The molecule has 1 amide bonds. The first kappa shape index (κ1) is 16.3. The molecule has 1 aliphatic heterocycles. The molecule has 2 aromatic rings. The van der Waals surface area contributed by atoms with E-state index in [-0.39, 0.29) is 43.7 Å². The highest BCUT2D eigenvalue weighted by atomic mass is 19.1. The lowest BCUT2D eigenvalue weighted by atomic mass is 10.2. The molecule has 0 fully saturated rings. The number of fused-ring (bicyclic) bond motifs is 1. The van der Waals surface area contributed by atoms with Crippen LogP contribution in [0.5, 0.6) is 5.75 Å². The first-order chi connectivity index (χ1) is 11.6. The Bertz CT molecular complexity index is 750. The van der Waals surface area contributed by atoms with Gasteiger partial charge >= 0.3 is 0 Å². The second-order valence-electron chi connectivity index (χ2n) is 5.05. The van der Waals surface area contributed by atoms with Gasteiger partial charge in [0.25, 0.3) is 11.8 Å². The smallest absolute Gasteiger partial charge is 0.253 e. The minimum absolute atomic E-state index is 0.0401. The Morgan fingerprint density at radius 1 is 1.38 bits per heavy atom. The predicted octanol–water partition coefficient (Wildman–Crippen LogP) is 1.85. The van der Waals surface area contributed by atoms with E-state index in [1.54, 1.807) is 0 Å². The molecule has 2 heterocycles. The summed E-state index contributed by atoms with van der Waals surface area (Å²) in [4.78, 5) is 17.4. The Balaban J connectivity index is 1.65. The number of ether oxygens (including phenoxy) is 2. The van der Waals surface area contributed by atoms with Gasteiger partial charge in [-0.05, 0) is 12.1 Å². The van der Waals surface area contributed by atoms with Crippen molar-refractivity contribution in [2.75, 3.05) is 24.7 Å². The zero-order chi connectivity index (χ0) is 17.1. The topological polar surface area (TPSA) is 77.7 Å². The normalized spacial score (nSPS) is 13.5. The van der Waals surface area contributed by atoms with Gasteiger partial charge in [-0.25, -0.2) is 8.78 Å². The number of rotatable bonds is 5. The van der Waals surface area contributed by atoms with Crippen molar-refractivity contribution in [1.29, 1.82) is 0 Å². The first-order valence-electron chi connectivity index (χ1n) is 7.40. The van der Waals surface area contributed by atoms with E-state index < -0.39 is 17.5 Å². The molecule has 7 nitrogen and oxygen atoms in total. The molecule has 1 aromatic carbocycles. The summed E-state index contributed by atoms with van der Waals surface area (Å²) in [6, 6.07) is 1.91. The maximum absolute atomic E-state index is 14.0. The van der Waals surface area contributed by atoms with Crippen molar-refractivity contribution in [3.63, 3.8) is 0 Å². The number of aryl methyl sites for hydroxylation is 1. The zero-order valence-corrected chi connectivity index (χ0v) is 12.9. The number of anilines is 1. The SMILES string of the molecule is CCc1noc(COCC(=O)N2CCOc3c(F)ccc(F)c32)n1. The van der Waals surface area contributed by atoms with E-state index in [1.165, 1.54) is 0 Å². The summed E-state index contributed by atoms with van der Waals surface area (Å²) in [5.41, 5.74) is -0.207. The third-order valence-electron chi connectivity index (χ3n) is 3.44. The Hall–Kier alpha value is -2.55. The summed E-state index contributed by atoms with van der Waals surface area (Å²) in [6.07, 6.45) is 0.623. The lowest BCUT2D eigenvalue weighted by molar-refractivity contribution is -0.124. The van der Waals surface area contributed by atoms with Crippen molar-refractivity contribution in [3.8, 4) is 5.75 Å². The van der Waals surface area contributed by atoms with E-state index in [4.69, 9.17) is 14.0 Å². The molecule has 128 valence electrons. The molecule has 1 aliphatic rings. The number of benzene rings is 1. The van der Waals surface area contributed by atoms with Crippen molar-refractivity contribution < 1.29 is 27.6 Å². The van der Waals surface area contributed by atoms with Crippen LogP contribution in [-0.4, -0.2) is 35.8 Å². The Morgan fingerprint density at radius 2 is 2.17 bits per heavy atom. The average Bonchev–Trinajstić information content (AvgIpc) is 3.05. The molecule has 0 N–H and O–H groups in total. The standard InChI is InChI=1S/C15H15F2N3O4/c1-2-11-18-12(24-19-11)7-22-8-13(21)20-5-6-23-15-10(17)4-3-9(16)14(15)20/h3-4H,2,5-8H2,1H3. The molecule has 1 aromatic heterocycles. The maximum Gasteiger partial charge on any atom is 0.253 e. The summed E-state index contributed by atoms with van der Waals surface area (Å²) < 4.78 is 43.0. The number of carbonyl (C=O) groups excluding carboxylic acids is 1. The fourth-order valence-electron chi connectivity index (χ4n) is 2.31. The molecular formula is C15H15F2N3O4. The molecule has 0 aliphatic carbocycles. The Morgan fingerprint density at radius 3 is 2.92 bits per heavy atom. The summed E-state index contributed by atoms with van der Waals surface area (Å²) >= 11 is 0. The number of hydrogen-bond acceptors (Lipinski definition) is 6. The van der Waals surface area contributed by atoms with E-state index in [2.05, 4.69) is 10.1 Å². The van der Waals surface area contributed by atoms with Crippen LogP contribution < -0.4 is 9.64 Å². The maximum atomic E-state index is 14.0. The van der Waals surface area contributed by atoms with Gasteiger partial charge in [0.1, 0.15) is 25.5 Å². The quantitative estimate of drug-likeness (QED) is 0.827. The molecule has 24 heavy (non-hydrogen) atoms. The van der Waals surface area contributed by atoms with Crippen molar-refractivity contribution in [2.24, 2.45) is 0 Å². The molecular weight excluding hydrogens is 324 g/mol. The van der Waals surface area contributed by atoms with Crippen LogP contribution >= 0.6 is 0 Å². The summed E-state index contributed by atoms with van der Waals surface area (Å²) in [5, 5.41) is 3.70. The van der Waals surface area contributed by atoms with Crippen LogP contribution in [0.15, 0.2) is 16.7 Å². The van der Waals surface area contributed by atoms with Crippen LogP contribution in [0.3, 0.4) is 0 Å². The highest BCUT2D eigenvalue weighted by Crippen LogP contribution is 2.36. The summed E-state index contributed by atoms with van der Waals surface area (Å²) in [5.74, 6) is -1.44. The van der Waals surface area contributed by atoms with Crippen molar-refractivity contribution >= 4 is 11.6 Å². The minimum Gasteiger partial charge on any atom is -0.486 e. The van der Waals surface area contributed by atoms with Crippen molar-refractivity contribution in [3.05, 3.63) is 35.5 Å². The molecule has 0 unspecified atom stereocenters. The second kappa shape index (κ2) is 6.91. The molecule has 9 heteroatoms. The van der Waals surface area contributed by atoms with Crippen LogP contribution in [0, 0.1) is 11.6 Å². The molecule has 0 saturated carbocycles. The molecule has 0 bridgehead atoms. The molecule has 0 atom stereocenters. The monoisotopic (exact) mass is 339 g/mol. The van der Waals surface area contributed by atoms with E-state index in [1.807, 2.05) is 6.92 Å². The average molecular weight is 339 g/mol. The fraction of sp³-hybridized carbons (Fsp3) is 0.400. The van der Waals surface area contributed by atoms with Gasteiger partial charge in [0.15, 0.2) is 23.2 Å². The number of halogens is 2. The number of carbonyl (C=O) groups is 1. The van der Waals surface area contributed by atoms with E-state index in [0.29, 0.717) is 12.2 Å². The lowest BCUT2D eigenvalue weighted by Crippen LogP contribution is -2.41. The Labute approximate surface area is 136 Å². The first-order valence-corrected chi connectivity index (χ1v) is 7.40. The number of hydrogen-bond donors (Lipinski definition) is 0. The third kappa shape index (κ3) is 3.21. The van der Waals surface area contributed by atoms with Crippen molar-refractivity contribution in [2.45, 2.75) is 20.0 Å². The molecule has 0 saturated heterocycles. The van der Waals surface area contributed by atoms with Crippen LogP contribution in [0.2, 0.25) is 0 Å². The zero-order valence-electron chi connectivity index (χ0n) is 12.9. The highest BCUT2D eigenvalue weighted by molar-refractivity contribution is 5.96. The van der Waals surface area contributed by atoms with Crippen molar-refractivity contribution in [1.82, 2.24) is 10.1 Å². The molecule has 0 radical (unpaired) electrons. The summed E-state index contributed by atoms with van der Waals surface area (Å²) in [6.45, 7) is 1.68. The second-order valence-corrected chi connectivity index (χ2v) is 5.05. The van der Waals surface area contributed by atoms with Gasteiger partial charge in [-0.3, -0.25) is 4.79 Å². The lowest BCUT2D eigenvalue weighted by Gasteiger charge is -2.29. The van der Waals surface area contributed by atoms with Gasteiger partial charge in [-0.1, -0.05) is 12.1 Å². The van der Waals surface area contributed by atoms with Gasteiger partial charge in [-0.2, -0.15) is 4.98 Å². The molecule has 0 spiro atoms. The minimum atomic E-state index is -0.732. The van der Waals surface area contributed by atoms with Gasteiger partial charge in [0.2, 0.25) is 0 Å². The van der Waals surface area contributed by atoms with Gasteiger partial charge < -0.3 is 18.9 Å². The Kier molecular flexibility index (Phi) is 4.70. The highest BCUT2D eigenvalue weighted by Gasteiger charge is 2.29. The van der Waals surface area contributed by atoms with E-state index in [9.17, 15) is 13.6 Å². The third-order valence-corrected chi connectivity index (χ3v) is 3.44. The van der Waals surface area contributed by atoms with Crippen LogP contribution in [0.4, 0.5) is 14.5 Å². The number of nitrogens with zero attached hydrogens (tertiary/aromatic N) is 3. The van der Waals surface area contributed by atoms with Gasteiger partial charge in [-0.15, -0.1) is 0 Å². The van der Waals surface area contributed by atoms with Crippen LogP contribution in [-0.2, 0) is 22.6 Å². The van der Waals surface area contributed by atoms with E-state index >= 15 is 0 Å². The van der Waals surface area contributed by atoms with Gasteiger partial charge in [0.05, 0.1) is 6.54 Å². The summed E-state index contributed by atoms with van der Waals surface area (Å²) in [7, 11) is 0. The van der Waals surface area contributed by atoms with Gasteiger partial charge in [0, 0.05) is 6.42 Å².